The van der Waals surface area contributed by atoms with Crippen LogP contribution in [0.25, 0.3) is 11.3 Å². The van der Waals surface area contributed by atoms with Gasteiger partial charge >= 0.3 is 0 Å². The van der Waals surface area contributed by atoms with Crippen LogP contribution >= 0.6 is 0 Å². The first-order chi connectivity index (χ1) is 10.3. The van der Waals surface area contributed by atoms with Gasteiger partial charge in [0.05, 0.1) is 5.69 Å². The maximum atomic E-state index is 4.79. The van der Waals surface area contributed by atoms with Gasteiger partial charge in [0.1, 0.15) is 5.82 Å². The number of hydrogen-bond acceptors (Lipinski definition) is 2. The Morgan fingerprint density at radius 2 is 1.67 bits per heavy atom. The average Bonchev–Trinajstić information content (AvgIpc) is 2.94. The molecule has 21 heavy (non-hydrogen) atoms. The van der Waals surface area contributed by atoms with Crippen LogP contribution in [0.4, 0.5) is 0 Å². The average molecular weight is 282 g/mol. The van der Waals surface area contributed by atoms with E-state index in [1.807, 2.05) is 13.8 Å². The second kappa shape index (κ2) is 6.84. The molecule has 2 aromatic rings. The fourth-order valence-electron chi connectivity index (χ4n) is 3.01. The van der Waals surface area contributed by atoms with E-state index in [9.17, 15) is 0 Å². The Morgan fingerprint density at radius 1 is 0.905 bits per heavy atom. The zero-order valence-corrected chi connectivity index (χ0v) is 14.0. The molecule has 0 bridgehead atoms. The van der Waals surface area contributed by atoms with E-state index in [0.29, 0.717) is 0 Å². The number of benzene rings is 1. The third-order valence-electron chi connectivity index (χ3n) is 4.05. The fourth-order valence-corrected chi connectivity index (χ4v) is 3.01. The summed E-state index contributed by atoms with van der Waals surface area (Å²) in [6.45, 7) is 10.5. The van der Waals surface area contributed by atoms with Gasteiger partial charge in [-0.2, -0.15) is 0 Å². The molecule has 2 nitrogen and oxygen atoms in total. The summed E-state index contributed by atoms with van der Waals surface area (Å²) in [7, 11) is 0. The van der Waals surface area contributed by atoms with Gasteiger partial charge in [0.2, 0.25) is 0 Å². The predicted molar refractivity (Wildman–Crippen MR) is 89.8 cm³/mol. The second-order valence-corrected chi connectivity index (χ2v) is 5.09. The molecule has 0 aliphatic heterocycles. The van der Waals surface area contributed by atoms with Gasteiger partial charge in [0, 0.05) is 29.7 Å². The van der Waals surface area contributed by atoms with Crippen molar-refractivity contribution < 1.29 is 0 Å². The Labute approximate surface area is 128 Å². The van der Waals surface area contributed by atoms with E-state index < -0.39 is 0 Å². The molecule has 0 spiro atoms. The molecule has 0 fully saturated rings. The molecule has 0 N–H and O–H groups in total. The van der Waals surface area contributed by atoms with E-state index in [0.717, 1.165) is 31.5 Å². The van der Waals surface area contributed by atoms with Crippen LogP contribution in [0, 0.1) is 0 Å². The van der Waals surface area contributed by atoms with Crippen molar-refractivity contribution in [2.75, 3.05) is 0 Å². The van der Waals surface area contributed by atoms with E-state index in [1.165, 1.54) is 33.6 Å². The number of aromatic nitrogens is 2. The highest BCUT2D eigenvalue weighted by Crippen LogP contribution is 2.38. The Bertz CT molecular complexity index is 630. The van der Waals surface area contributed by atoms with Gasteiger partial charge in [0.15, 0.2) is 0 Å². The van der Waals surface area contributed by atoms with Crippen molar-refractivity contribution in [3.63, 3.8) is 0 Å². The van der Waals surface area contributed by atoms with E-state index >= 15 is 0 Å². The highest BCUT2D eigenvalue weighted by Gasteiger charge is 2.25. The lowest BCUT2D eigenvalue weighted by atomic mass is 10.0. The van der Waals surface area contributed by atoms with Gasteiger partial charge in [-0.25, -0.2) is 9.97 Å². The predicted octanol–water partition coefficient (Wildman–Crippen LogP) is 4.76. The van der Waals surface area contributed by atoms with Crippen molar-refractivity contribution in [1.29, 1.82) is 0 Å². The lowest BCUT2D eigenvalue weighted by Crippen LogP contribution is -2.03. The SMILES string of the molecule is CC.CCc1nc(CC)c2c(n1)-c1cccc(CC)c1C2. The standard InChI is InChI=1S/C17H20N2.C2H6/c1-4-11-8-7-9-12-13(11)10-14-15(5-2)18-16(6-3)19-17(12)14;1-2/h7-9H,4-6,10H2,1-3H3;1-2H3. The fraction of sp³-hybridized carbons (Fsp3) is 0.474. The monoisotopic (exact) mass is 282 g/mol. The molecule has 3 rings (SSSR count). The first kappa shape index (κ1) is 15.7. The van der Waals surface area contributed by atoms with Crippen LogP contribution in [0.5, 0.6) is 0 Å². The second-order valence-electron chi connectivity index (χ2n) is 5.09. The molecule has 112 valence electrons. The summed E-state index contributed by atoms with van der Waals surface area (Å²) >= 11 is 0. The highest BCUT2D eigenvalue weighted by molar-refractivity contribution is 5.75. The van der Waals surface area contributed by atoms with Gasteiger partial charge in [-0.05, 0) is 24.0 Å². The summed E-state index contributed by atoms with van der Waals surface area (Å²) in [5, 5.41) is 0. The molecule has 1 aliphatic rings. The molecule has 1 aromatic heterocycles. The molecule has 0 amide bonds. The molecule has 1 heterocycles. The van der Waals surface area contributed by atoms with E-state index in [1.54, 1.807) is 0 Å². The molecular formula is C19H26N2. The Morgan fingerprint density at radius 3 is 2.29 bits per heavy atom. The van der Waals surface area contributed by atoms with Gasteiger partial charge in [-0.3, -0.25) is 0 Å². The minimum atomic E-state index is 0.906. The third-order valence-corrected chi connectivity index (χ3v) is 4.05. The Hall–Kier alpha value is -1.70. The molecule has 0 unspecified atom stereocenters. The van der Waals surface area contributed by atoms with Crippen molar-refractivity contribution >= 4 is 0 Å². The highest BCUT2D eigenvalue weighted by atomic mass is 14.9. The number of hydrogen-bond donors (Lipinski definition) is 0. The van der Waals surface area contributed by atoms with Crippen LogP contribution in [-0.4, -0.2) is 9.97 Å². The van der Waals surface area contributed by atoms with Gasteiger partial charge in [0.25, 0.3) is 0 Å². The summed E-state index contributed by atoms with van der Waals surface area (Å²) in [6.07, 6.45) is 4.00. The first-order valence-electron chi connectivity index (χ1n) is 8.28. The summed E-state index contributed by atoms with van der Waals surface area (Å²) < 4.78 is 0. The molecule has 1 aromatic carbocycles. The molecular weight excluding hydrogens is 256 g/mol. The van der Waals surface area contributed by atoms with Gasteiger partial charge < -0.3 is 0 Å². The van der Waals surface area contributed by atoms with Crippen LogP contribution in [0.1, 0.15) is 62.8 Å². The topological polar surface area (TPSA) is 25.8 Å². The number of fused-ring (bicyclic) bond motifs is 3. The van der Waals surface area contributed by atoms with Crippen LogP contribution in [0.3, 0.4) is 0 Å². The Balaban J connectivity index is 0.000000774. The minimum Gasteiger partial charge on any atom is -0.238 e. The molecule has 0 saturated heterocycles. The largest absolute Gasteiger partial charge is 0.238 e. The van der Waals surface area contributed by atoms with Gasteiger partial charge in [-0.15, -0.1) is 0 Å². The lowest BCUT2D eigenvalue weighted by molar-refractivity contribution is 0.874. The van der Waals surface area contributed by atoms with Crippen molar-refractivity contribution in [3.05, 3.63) is 46.4 Å². The van der Waals surface area contributed by atoms with Crippen molar-refractivity contribution in [3.8, 4) is 11.3 Å². The van der Waals surface area contributed by atoms with E-state index in [2.05, 4.69) is 39.0 Å². The van der Waals surface area contributed by atoms with Crippen LogP contribution in [-0.2, 0) is 25.7 Å². The maximum Gasteiger partial charge on any atom is 0.129 e. The molecule has 0 atom stereocenters. The van der Waals surface area contributed by atoms with Crippen molar-refractivity contribution in [1.82, 2.24) is 9.97 Å². The normalized spacial score (nSPS) is 11.5. The minimum absolute atomic E-state index is 0.906. The number of aryl methyl sites for hydroxylation is 3. The number of rotatable bonds is 3. The molecule has 0 saturated carbocycles. The zero-order valence-electron chi connectivity index (χ0n) is 14.0. The smallest absolute Gasteiger partial charge is 0.129 e. The summed E-state index contributed by atoms with van der Waals surface area (Å²) in [4.78, 5) is 9.49. The third kappa shape index (κ3) is 2.72. The zero-order chi connectivity index (χ0) is 15.4. The first-order valence-corrected chi connectivity index (χ1v) is 8.28. The quantitative estimate of drug-likeness (QED) is 0.692. The van der Waals surface area contributed by atoms with Crippen molar-refractivity contribution in [2.24, 2.45) is 0 Å². The molecule has 0 radical (unpaired) electrons. The lowest BCUT2D eigenvalue weighted by Gasteiger charge is -2.07. The summed E-state index contributed by atoms with van der Waals surface area (Å²) in [6, 6.07) is 6.61. The maximum absolute atomic E-state index is 4.79. The van der Waals surface area contributed by atoms with Crippen LogP contribution in [0.15, 0.2) is 18.2 Å². The van der Waals surface area contributed by atoms with Gasteiger partial charge in [-0.1, -0.05) is 52.8 Å². The van der Waals surface area contributed by atoms with E-state index in [-0.39, 0.29) is 0 Å². The Kier molecular flexibility index (Phi) is 5.11. The number of nitrogens with zero attached hydrogens (tertiary/aromatic N) is 2. The van der Waals surface area contributed by atoms with Crippen LogP contribution < -0.4 is 0 Å². The van der Waals surface area contributed by atoms with E-state index in [4.69, 9.17) is 9.97 Å². The summed E-state index contributed by atoms with van der Waals surface area (Å²) in [5.41, 5.74) is 8.04. The van der Waals surface area contributed by atoms with Crippen molar-refractivity contribution in [2.45, 2.75) is 60.3 Å². The molecule has 2 heteroatoms. The summed E-state index contributed by atoms with van der Waals surface area (Å²) in [5.74, 6) is 0.977. The molecule has 1 aliphatic carbocycles. The van der Waals surface area contributed by atoms with Crippen LogP contribution in [0.2, 0.25) is 0 Å².